The molecule has 4 fully saturated rings. The van der Waals surface area contributed by atoms with Crippen LogP contribution in [-0.2, 0) is 5.54 Å². The van der Waals surface area contributed by atoms with Crippen LogP contribution in [0.15, 0.2) is 22.6 Å². The largest absolute Gasteiger partial charge is 0.382 e. The Morgan fingerprint density at radius 3 is 2.48 bits per heavy atom. The van der Waals surface area contributed by atoms with Crippen LogP contribution in [0, 0.1) is 17.8 Å². The molecule has 0 saturated heterocycles. The number of hydrogen-bond donors (Lipinski definition) is 1. The molecule has 146 valence electrons. The lowest BCUT2D eigenvalue weighted by molar-refractivity contribution is -0.0518. The molecule has 0 unspecified atom stereocenters. The van der Waals surface area contributed by atoms with Gasteiger partial charge in [-0.15, -0.1) is 0 Å². The van der Waals surface area contributed by atoms with Gasteiger partial charge in [0.25, 0.3) is 5.56 Å². The van der Waals surface area contributed by atoms with Crippen molar-refractivity contribution in [3.05, 3.63) is 33.2 Å². The van der Waals surface area contributed by atoms with Gasteiger partial charge in [-0.1, -0.05) is 23.3 Å². The molecule has 1 N–H and O–H groups in total. The van der Waals surface area contributed by atoms with Crippen molar-refractivity contribution >= 4 is 17.3 Å². The Hall–Kier alpha value is -1.29. The van der Waals surface area contributed by atoms with Crippen LogP contribution in [0.5, 0.6) is 0 Å². The number of anilines is 1. The van der Waals surface area contributed by atoms with Gasteiger partial charge < -0.3 is 5.32 Å². The molecule has 5 aliphatic carbocycles. The van der Waals surface area contributed by atoms with Crippen molar-refractivity contribution < 1.29 is 0 Å². The lowest BCUT2D eigenvalue weighted by atomic mass is 9.53. The second-order valence-electron chi connectivity index (χ2n) is 9.52. The molecule has 5 aliphatic rings. The molecule has 0 aromatic carbocycles. The minimum absolute atomic E-state index is 0.0685. The van der Waals surface area contributed by atoms with Gasteiger partial charge >= 0.3 is 0 Å². The summed E-state index contributed by atoms with van der Waals surface area (Å²) in [6.07, 6.45) is 17.6. The molecule has 0 radical (unpaired) electrons. The smallest absolute Gasteiger partial charge is 0.288 e. The van der Waals surface area contributed by atoms with Crippen molar-refractivity contribution in [3.8, 4) is 0 Å². The van der Waals surface area contributed by atoms with E-state index in [0.717, 1.165) is 50.0 Å². The maximum absolute atomic E-state index is 13.1. The highest BCUT2D eigenvalue weighted by Gasteiger charge is 2.53. The van der Waals surface area contributed by atoms with E-state index in [2.05, 4.69) is 16.5 Å². The van der Waals surface area contributed by atoms with Crippen molar-refractivity contribution in [2.24, 2.45) is 17.8 Å². The SMILES string of the molecule is O=c1c(Cl)c(NCCC2=CCCCC2)cnn1C12CC3CC(CC(C3)C1)C2. The van der Waals surface area contributed by atoms with Gasteiger partial charge in [0.05, 0.1) is 17.4 Å². The molecule has 4 bridgehead atoms. The van der Waals surface area contributed by atoms with Crippen molar-refractivity contribution in [1.29, 1.82) is 0 Å². The fourth-order valence-electron chi connectivity index (χ4n) is 6.71. The number of allylic oxidation sites excluding steroid dienone is 1. The highest BCUT2D eigenvalue weighted by atomic mass is 35.5. The van der Waals surface area contributed by atoms with Gasteiger partial charge in [-0.2, -0.15) is 5.10 Å². The number of nitrogens with zero attached hydrogens (tertiary/aromatic N) is 2. The van der Waals surface area contributed by atoms with Crippen LogP contribution in [0.25, 0.3) is 0 Å². The molecule has 1 heterocycles. The highest BCUT2D eigenvalue weighted by Crippen LogP contribution is 2.58. The third-order valence-electron chi connectivity index (χ3n) is 7.52. The fraction of sp³-hybridized carbons (Fsp3) is 0.727. The average molecular weight is 388 g/mol. The molecule has 0 atom stereocenters. The Morgan fingerprint density at radius 2 is 1.85 bits per heavy atom. The first-order valence-corrected chi connectivity index (χ1v) is 11.2. The van der Waals surface area contributed by atoms with Crippen LogP contribution in [0.4, 0.5) is 5.69 Å². The second kappa shape index (κ2) is 6.95. The van der Waals surface area contributed by atoms with E-state index in [1.807, 2.05) is 0 Å². The molecule has 4 saturated carbocycles. The number of rotatable bonds is 5. The molecule has 6 rings (SSSR count). The summed E-state index contributed by atoms with van der Waals surface area (Å²) in [4.78, 5) is 13.1. The minimum Gasteiger partial charge on any atom is -0.382 e. The van der Waals surface area contributed by atoms with Crippen LogP contribution >= 0.6 is 11.6 Å². The van der Waals surface area contributed by atoms with E-state index in [0.29, 0.717) is 10.7 Å². The van der Waals surface area contributed by atoms with Crippen LogP contribution in [0.2, 0.25) is 5.02 Å². The first-order chi connectivity index (χ1) is 13.1. The molecule has 27 heavy (non-hydrogen) atoms. The van der Waals surface area contributed by atoms with Gasteiger partial charge in [-0.3, -0.25) is 4.79 Å². The molecule has 0 amide bonds. The van der Waals surface area contributed by atoms with E-state index < -0.39 is 0 Å². The molecular weight excluding hydrogens is 358 g/mol. The fourth-order valence-corrected chi connectivity index (χ4v) is 6.90. The van der Waals surface area contributed by atoms with Crippen LogP contribution < -0.4 is 10.9 Å². The molecule has 0 spiro atoms. The van der Waals surface area contributed by atoms with Crippen molar-refractivity contribution in [1.82, 2.24) is 9.78 Å². The molecule has 1 aromatic rings. The summed E-state index contributed by atoms with van der Waals surface area (Å²) in [6, 6.07) is 0. The summed E-state index contributed by atoms with van der Waals surface area (Å²) in [5, 5.41) is 8.31. The Bertz CT molecular complexity index is 777. The topological polar surface area (TPSA) is 46.9 Å². The van der Waals surface area contributed by atoms with Crippen LogP contribution in [0.1, 0.15) is 70.6 Å². The number of aromatic nitrogens is 2. The van der Waals surface area contributed by atoms with Gasteiger partial charge in [-0.05, 0) is 88.4 Å². The summed E-state index contributed by atoms with van der Waals surface area (Å²) in [7, 11) is 0. The third kappa shape index (κ3) is 3.24. The van der Waals surface area contributed by atoms with Gasteiger partial charge in [-0.25, -0.2) is 4.68 Å². The maximum Gasteiger partial charge on any atom is 0.288 e. The van der Waals surface area contributed by atoms with Crippen molar-refractivity contribution in [2.45, 2.75) is 76.2 Å². The predicted molar refractivity (Wildman–Crippen MR) is 109 cm³/mol. The zero-order chi connectivity index (χ0) is 18.4. The molecular formula is C22H30ClN3O. The Morgan fingerprint density at radius 1 is 1.15 bits per heavy atom. The van der Waals surface area contributed by atoms with E-state index in [1.54, 1.807) is 10.9 Å². The Kier molecular flexibility index (Phi) is 4.58. The first-order valence-electron chi connectivity index (χ1n) is 10.8. The monoisotopic (exact) mass is 387 g/mol. The van der Waals surface area contributed by atoms with E-state index in [4.69, 9.17) is 11.6 Å². The summed E-state index contributed by atoms with van der Waals surface area (Å²) in [6.45, 7) is 0.814. The van der Waals surface area contributed by atoms with Gasteiger partial charge in [0.15, 0.2) is 0 Å². The molecule has 4 nitrogen and oxygen atoms in total. The lowest BCUT2D eigenvalue weighted by Gasteiger charge is -2.56. The van der Waals surface area contributed by atoms with Crippen molar-refractivity contribution in [3.63, 3.8) is 0 Å². The summed E-state index contributed by atoms with van der Waals surface area (Å²) in [5.74, 6) is 2.35. The Labute approximate surface area is 166 Å². The van der Waals surface area contributed by atoms with Gasteiger partial charge in [0.1, 0.15) is 5.02 Å². The quantitative estimate of drug-likeness (QED) is 0.713. The number of hydrogen-bond acceptors (Lipinski definition) is 3. The predicted octanol–water partition coefficient (Wildman–Crippen LogP) is 5.12. The van der Waals surface area contributed by atoms with Crippen LogP contribution in [-0.4, -0.2) is 16.3 Å². The highest BCUT2D eigenvalue weighted by molar-refractivity contribution is 6.32. The number of halogens is 1. The van der Waals surface area contributed by atoms with Crippen LogP contribution in [0.3, 0.4) is 0 Å². The van der Waals surface area contributed by atoms with E-state index >= 15 is 0 Å². The van der Waals surface area contributed by atoms with Crippen molar-refractivity contribution in [2.75, 3.05) is 11.9 Å². The summed E-state index contributed by atoms with van der Waals surface area (Å²) >= 11 is 6.51. The maximum atomic E-state index is 13.1. The number of nitrogens with one attached hydrogen (secondary N) is 1. The van der Waals surface area contributed by atoms with Gasteiger partial charge in [0, 0.05) is 6.54 Å². The third-order valence-corrected chi connectivity index (χ3v) is 7.89. The van der Waals surface area contributed by atoms with E-state index in [1.165, 1.54) is 50.5 Å². The molecule has 0 aliphatic heterocycles. The normalized spacial score (nSPS) is 34.6. The molecule has 5 heteroatoms. The standard InChI is InChI=1S/C22H30ClN3O/c23-20-19(24-7-6-15-4-2-1-3-5-15)14-25-26(21(20)27)22-11-16-8-17(12-22)10-18(9-16)13-22/h4,14,16-18,24H,1-3,5-13H2. The Balaban J connectivity index is 1.33. The zero-order valence-corrected chi connectivity index (χ0v) is 16.8. The van der Waals surface area contributed by atoms with E-state index in [-0.39, 0.29) is 11.1 Å². The lowest BCUT2D eigenvalue weighted by Crippen LogP contribution is -2.55. The molecule has 1 aromatic heterocycles. The van der Waals surface area contributed by atoms with Gasteiger partial charge in [0.2, 0.25) is 0 Å². The second-order valence-corrected chi connectivity index (χ2v) is 9.89. The first kappa shape index (κ1) is 17.8. The minimum atomic E-state index is -0.0968. The summed E-state index contributed by atoms with van der Waals surface area (Å²) in [5.41, 5.74) is 2.06. The average Bonchev–Trinajstić information content (AvgIpc) is 2.65. The zero-order valence-electron chi connectivity index (χ0n) is 16.1. The van der Waals surface area contributed by atoms with E-state index in [9.17, 15) is 4.79 Å². The summed E-state index contributed by atoms with van der Waals surface area (Å²) < 4.78 is 1.77.